The van der Waals surface area contributed by atoms with Gasteiger partial charge in [0.1, 0.15) is 5.82 Å². The second-order valence-corrected chi connectivity index (χ2v) is 6.75. The molecule has 1 aromatic carbocycles. The number of ether oxygens (including phenoxy) is 1. The van der Waals surface area contributed by atoms with Crippen LogP contribution >= 0.6 is 11.3 Å². The third kappa shape index (κ3) is 4.37. The number of aromatic nitrogens is 1. The van der Waals surface area contributed by atoms with Crippen LogP contribution in [-0.4, -0.2) is 55.2 Å². The average Bonchev–Trinajstić information content (AvgIpc) is 3.09. The second kappa shape index (κ2) is 7.83. The number of halogens is 1. The third-order valence-corrected chi connectivity index (χ3v) is 4.74. The predicted octanol–water partition coefficient (Wildman–Crippen LogP) is 2.19. The molecule has 1 fully saturated rings. The fourth-order valence-corrected chi connectivity index (χ4v) is 3.36. The SMILES string of the molecule is CN1CCOC(CN(C(=O)Cc2ccc(F)cc2)c2nccs2)C1. The van der Waals surface area contributed by atoms with Crippen molar-refractivity contribution in [3.63, 3.8) is 0 Å². The number of amides is 1. The lowest BCUT2D eigenvalue weighted by Crippen LogP contribution is -2.48. The summed E-state index contributed by atoms with van der Waals surface area (Å²) in [6, 6.07) is 6.02. The van der Waals surface area contributed by atoms with Crippen LogP contribution in [-0.2, 0) is 16.0 Å². The zero-order valence-electron chi connectivity index (χ0n) is 13.5. The molecule has 2 aromatic rings. The van der Waals surface area contributed by atoms with Crippen LogP contribution in [0.4, 0.5) is 9.52 Å². The molecule has 24 heavy (non-hydrogen) atoms. The molecule has 1 aromatic heterocycles. The van der Waals surface area contributed by atoms with Gasteiger partial charge < -0.3 is 9.64 Å². The molecule has 3 rings (SSSR count). The van der Waals surface area contributed by atoms with E-state index in [-0.39, 0.29) is 24.2 Å². The van der Waals surface area contributed by atoms with Crippen LogP contribution in [0.15, 0.2) is 35.8 Å². The number of anilines is 1. The van der Waals surface area contributed by atoms with E-state index in [9.17, 15) is 9.18 Å². The smallest absolute Gasteiger partial charge is 0.233 e. The van der Waals surface area contributed by atoms with Crippen LogP contribution in [0.2, 0.25) is 0 Å². The molecule has 1 unspecified atom stereocenters. The van der Waals surface area contributed by atoms with Gasteiger partial charge in [0.15, 0.2) is 5.13 Å². The first kappa shape index (κ1) is 17.0. The molecule has 0 N–H and O–H groups in total. The van der Waals surface area contributed by atoms with Crippen LogP contribution in [0.1, 0.15) is 5.56 Å². The van der Waals surface area contributed by atoms with Crippen molar-refractivity contribution in [2.75, 3.05) is 38.2 Å². The summed E-state index contributed by atoms with van der Waals surface area (Å²) in [5, 5.41) is 2.51. The molecule has 5 nitrogen and oxygen atoms in total. The third-order valence-electron chi connectivity index (χ3n) is 3.95. The summed E-state index contributed by atoms with van der Waals surface area (Å²) < 4.78 is 18.8. The van der Waals surface area contributed by atoms with Gasteiger partial charge in [-0.15, -0.1) is 11.3 Å². The molecule has 7 heteroatoms. The van der Waals surface area contributed by atoms with Gasteiger partial charge in [0.2, 0.25) is 5.91 Å². The fraction of sp³-hybridized carbons (Fsp3) is 0.412. The second-order valence-electron chi connectivity index (χ2n) is 5.88. The lowest BCUT2D eigenvalue weighted by molar-refractivity contribution is -0.118. The lowest BCUT2D eigenvalue weighted by Gasteiger charge is -2.33. The van der Waals surface area contributed by atoms with E-state index in [2.05, 4.69) is 9.88 Å². The fourth-order valence-electron chi connectivity index (χ4n) is 2.69. The molecular weight excluding hydrogens is 329 g/mol. The van der Waals surface area contributed by atoms with Gasteiger partial charge in [-0.25, -0.2) is 9.37 Å². The Morgan fingerprint density at radius 2 is 2.25 bits per heavy atom. The Hall–Kier alpha value is -1.83. The number of rotatable bonds is 5. The van der Waals surface area contributed by atoms with Crippen LogP contribution in [0, 0.1) is 5.82 Å². The summed E-state index contributed by atoms with van der Waals surface area (Å²) in [5.74, 6) is -0.366. The molecule has 0 saturated carbocycles. The van der Waals surface area contributed by atoms with E-state index >= 15 is 0 Å². The van der Waals surface area contributed by atoms with E-state index in [1.165, 1.54) is 23.5 Å². The number of carbonyl (C=O) groups is 1. The van der Waals surface area contributed by atoms with Gasteiger partial charge in [-0.1, -0.05) is 12.1 Å². The molecule has 1 aliphatic rings. The van der Waals surface area contributed by atoms with Crippen LogP contribution in [0.25, 0.3) is 0 Å². The number of hydrogen-bond acceptors (Lipinski definition) is 5. The predicted molar refractivity (Wildman–Crippen MR) is 91.8 cm³/mol. The molecule has 0 spiro atoms. The number of hydrogen-bond donors (Lipinski definition) is 0. The molecule has 1 aliphatic heterocycles. The van der Waals surface area contributed by atoms with Crippen molar-refractivity contribution in [3.05, 3.63) is 47.2 Å². The molecule has 1 amide bonds. The summed E-state index contributed by atoms with van der Waals surface area (Å²) >= 11 is 1.43. The largest absolute Gasteiger partial charge is 0.374 e. The number of nitrogens with zero attached hydrogens (tertiary/aromatic N) is 3. The molecule has 1 saturated heterocycles. The number of benzene rings is 1. The Morgan fingerprint density at radius 3 is 2.92 bits per heavy atom. The highest BCUT2D eigenvalue weighted by molar-refractivity contribution is 7.13. The van der Waals surface area contributed by atoms with E-state index in [4.69, 9.17) is 4.74 Å². The van der Waals surface area contributed by atoms with Crippen molar-refractivity contribution in [1.29, 1.82) is 0 Å². The summed E-state index contributed by atoms with van der Waals surface area (Å²) in [6.45, 7) is 2.82. The minimum atomic E-state index is -0.304. The topological polar surface area (TPSA) is 45.7 Å². The van der Waals surface area contributed by atoms with Gasteiger partial charge >= 0.3 is 0 Å². The number of morpholine rings is 1. The van der Waals surface area contributed by atoms with Crippen molar-refractivity contribution in [2.24, 2.45) is 0 Å². The van der Waals surface area contributed by atoms with Crippen LogP contribution in [0.5, 0.6) is 0 Å². The maximum absolute atomic E-state index is 13.0. The first-order valence-electron chi connectivity index (χ1n) is 7.86. The molecule has 0 bridgehead atoms. The quantitative estimate of drug-likeness (QED) is 0.830. The van der Waals surface area contributed by atoms with E-state index in [1.54, 1.807) is 23.2 Å². The summed E-state index contributed by atoms with van der Waals surface area (Å²) in [7, 11) is 2.05. The zero-order chi connectivity index (χ0) is 16.9. The summed E-state index contributed by atoms with van der Waals surface area (Å²) in [6.07, 6.45) is 1.86. The first-order valence-corrected chi connectivity index (χ1v) is 8.74. The van der Waals surface area contributed by atoms with Crippen molar-refractivity contribution >= 4 is 22.4 Å². The van der Waals surface area contributed by atoms with Crippen molar-refractivity contribution < 1.29 is 13.9 Å². The molecule has 2 heterocycles. The maximum Gasteiger partial charge on any atom is 0.233 e. The highest BCUT2D eigenvalue weighted by Gasteiger charge is 2.26. The minimum absolute atomic E-state index is 0.0372. The van der Waals surface area contributed by atoms with Crippen molar-refractivity contribution in [2.45, 2.75) is 12.5 Å². The Labute approximate surface area is 144 Å². The molecule has 0 radical (unpaired) electrons. The monoisotopic (exact) mass is 349 g/mol. The van der Waals surface area contributed by atoms with E-state index in [0.717, 1.165) is 18.7 Å². The van der Waals surface area contributed by atoms with Gasteiger partial charge in [-0.05, 0) is 24.7 Å². The number of likely N-dealkylation sites (N-methyl/N-ethyl adjacent to an activating group) is 1. The Bertz CT molecular complexity index is 663. The Balaban J connectivity index is 1.72. The van der Waals surface area contributed by atoms with Gasteiger partial charge in [-0.2, -0.15) is 0 Å². The summed E-state index contributed by atoms with van der Waals surface area (Å²) in [5.41, 5.74) is 0.782. The highest BCUT2D eigenvalue weighted by atomic mass is 32.1. The van der Waals surface area contributed by atoms with Gasteiger partial charge in [0.25, 0.3) is 0 Å². The maximum atomic E-state index is 13.0. The lowest BCUT2D eigenvalue weighted by atomic mass is 10.1. The van der Waals surface area contributed by atoms with E-state index in [0.29, 0.717) is 18.3 Å². The minimum Gasteiger partial charge on any atom is -0.374 e. The number of thiazole rings is 1. The van der Waals surface area contributed by atoms with Gasteiger partial charge in [0, 0.05) is 24.7 Å². The molecular formula is C17H20FN3O2S. The Kier molecular flexibility index (Phi) is 5.55. The van der Waals surface area contributed by atoms with Crippen molar-refractivity contribution in [1.82, 2.24) is 9.88 Å². The molecule has 1 atom stereocenters. The van der Waals surface area contributed by atoms with Crippen molar-refractivity contribution in [3.8, 4) is 0 Å². The molecule has 128 valence electrons. The van der Waals surface area contributed by atoms with Crippen LogP contribution < -0.4 is 4.90 Å². The Morgan fingerprint density at radius 1 is 1.46 bits per heavy atom. The van der Waals surface area contributed by atoms with Gasteiger partial charge in [-0.3, -0.25) is 9.69 Å². The molecule has 0 aliphatic carbocycles. The van der Waals surface area contributed by atoms with Crippen LogP contribution in [0.3, 0.4) is 0 Å². The van der Waals surface area contributed by atoms with Gasteiger partial charge in [0.05, 0.1) is 25.7 Å². The number of carbonyl (C=O) groups excluding carboxylic acids is 1. The standard InChI is InChI=1S/C17H20FN3O2S/c1-20-7-8-23-15(11-20)12-21(17-19-6-9-24-17)16(22)10-13-2-4-14(18)5-3-13/h2-6,9,15H,7-8,10-12H2,1H3. The first-order chi connectivity index (χ1) is 11.6. The zero-order valence-corrected chi connectivity index (χ0v) is 14.3. The summed E-state index contributed by atoms with van der Waals surface area (Å²) in [4.78, 5) is 20.9. The van der Waals surface area contributed by atoms with E-state index < -0.39 is 0 Å². The normalized spacial score (nSPS) is 18.5. The average molecular weight is 349 g/mol. The highest BCUT2D eigenvalue weighted by Crippen LogP contribution is 2.20. The van der Waals surface area contributed by atoms with E-state index in [1.807, 2.05) is 12.4 Å².